The molecule has 3 heteroatoms. The Morgan fingerprint density at radius 3 is 1.26 bits per heavy atom. The van der Waals surface area contributed by atoms with Crippen molar-refractivity contribution in [2.24, 2.45) is 47.3 Å². The van der Waals surface area contributed by atoms with Crippen molar-refractivity contribution >= 4 is 7.28 Å². The van der Waals surface area contributed by atoms with Gasteiger partial charge in [-0.25, -0.2) is 0 Å². The van der Waals surface area contributed by atoms with E-state index >= 15 is 0 Å². The predicted octanol–water partition coefficient (Wildman–Crippen LogP) is 19.1. The minimum absolute atomic E-state index is 0. The summed E-state index contributed by atoms with van der Waals surface area (Å²) in [6.07, 6.45) is 31.5. The molecule has 3 radical (unpaired) electrons. The van der Waals surface area contributed by atoms with Crippen LogP contribution in [0.3, 0.4) is 0 Å². The molecular weight excluding hydrogens is 933 g/mol. The molecule has 363 valence electrons. The van der Waals surface area contributed by atoms with Crippen molar-refractivity contribution in [3.05, 3.63) is 104 Å². The van der Waals surface area contributed by atoms with Crippen LogP contribution in [0.2, 0.25) is 6.32 Å². The van der Waals surface area contributed by atoms with Crippen LogP contribution in [0, 0.1) is 108 Å². The number of aryl methyl sites for hydroxylation is 7. The van der Waals surface area contributed by atoms with Crippen molar-refractivity contribution in [1.82, 2.24) is 0 Å². The van der Waals surface area contributed by atoms with Gasteiger partial charge in [0.15, 0.2) is 0 Å². The number of hydrogen-bond acceptors (Lipinski definition) is 0. The molecule has 0 heterocycles. The zero-order valence-electron chi connectivity index (χ0n) is 41.4. The quantitative estimate of drug-likeness (QED) is 0.133. The molecule has 4 aliphatic carbocycles. The summed E-state index contributed by atoms with van der Waals surface area (Å²) >= 11 is 0. The molecule has 0 bridgehead atoms. The molecule has 7 rings (SSSR count). The van der Waals surface area contributed by atoms with E-state index in [9.17, 15) is 0 Å². The second-order valence-electron chi connectivity index (χ2n) is 21.4. The van der Waals surface area contributed by atoms with E-state index in [1.807, 2.05) is 0 Å². The SMILES string of the molecule is C.C.C.C.Cc1[c-]c(C)cc(CC2CCC(C)CC2)c1.Cc1[c-]c(C)cc(C[B]CC2CCC(C)CC2)c1.Cc1cc(CCCC2CCC(C3CCC(C)CC3)CC2)cc(C)c1C.[Y].[Y]. The molecule has 0 spiro atoms. The minimum Gasteiger partial charge on any atom is -0.177 e. The van der Waals surface area contributed by atoms with Crippen molar-refractivity contribution in [2.45, 2.75) is 240 Å². The van der Waals surface area contributed by atoms with E-state index in [4.69, 9.17) is 0 Å². The first kappa shape index (κ1) is 67.0. The van der Waals surface area contributed by atoms with E-state index in [1.54, 1.807) is 5.56 Å². The van der Waals surface area contributed by atoms with Gasteiger partial charge in [-0.2, -0.15) is 69.8 Å². The van der Waals surface area contributed by atoms with Crippen molar-refractivity contribution < 1.29 is 65.4 Å². The molecule has 4 aliphatic rings. The molecule has 0 N–H and O–H groups in total. The molecule has 4 fully saturated rings. The third-order valence-corrected chi connectivity index (χ3v) is 15.8. The Morgan fingerprint density at radius 1 is 0.446 bits per heavy atom. The molecule has 0 aromatic heterocycles. The second kappa shape index (κ2) is 35.1. The summed E-state index contributed by atoms with van der Waals surface area (Å²) in [5.41, 5.74) is 14.1. The van der Waals surface area contributed by atoms with Crippen molar-refractivity contribution in [3.63, 3.8) is 0 Å². The standard InChI is InChI=1S/C25H40.C17H25B.C16H23.4CH4.2Y/c1-18-8-12-24(13-9-18)25-14-10-22(11-15-25)6-5-7-23-16-19(2)21(4)20(3)17-23;1-13-4-6-16(7-5-13)11-18-12-17-9-14(2)8-15(3)10-17;1-12-4-6-15(7-5-12)11-16-9-13(2)8-14(3)10-16;;;;;;/h16-18,22,24-25H,5-15H2,1-4H3;9-10,13,16H,4-7,11-12H2,1-3H3;9-10,12,15H,4-7,11H2,1-3H3;4*1H4;;/q;2*-1;;;;;;. The van der Waals surface area contributed by atoms with Crippen LogP contribution in [0.1, 0.15) is 222 Å². The zero-order valence-corrected chi connectivity index (χ0v) is 47.0. The smallest absolute Gasteiger partial charge is 0.112 e. The molecule has 0 unspecified atom stereocenters. The first-order valence-electron chi connectivity index (χ1n) is 25.2. The van der Waals surface area contributed by atoms with Gasteiger partial charge in [0.25, 0.3) is 0 Å². The maximum atomic E-state index is 3.35. The average molecular weight is 1040 g/mol. The summed E-state index contributed by atoms with van der Waals surface area (Å²) in [4.78, 5) is 0. The molecule has 0 saturated heterocycles. The number of rotatable bonds is 11. The van der Waals surface area contributed by atoms with Gasteiger partial charge in [-0.1, -0.05) is 174 Å². The van der Waals surface area contributed by atoms with E-state index < -0.39 is 0 Å². The summed E-state index contributed by atoms with van der Waals surface area (Å²) < 4.78 is 0. The Kier molecular flexibility index (Phi) is 36.2. The first-order chi connectivity index (χ1) is 28.3. The molecular formula is C62H104BY2-2. The third-order valence-electron chi connectivity index (χ3n) is 15.8. The summed E-state index contributed by atoms with van der Waals surface area (Å²) in [5, 5.41) is 0. The van der Waals surface area contributed by atoms with Gasteiger partial charge in [-0.3, -0.25) is 0 Å². The summed E-state index contributed by atoms with van der Waals surface area (Å²) in [6, 6.07) is 20.7. The van der Waals surface area contributed by atoms with Crippen molar-refractivity contribution in [3.8, 4) is 0 Å². The van der Waals surface area contributed by atoms with Crippen LogP contribution in [0.25, 0.3) is 0 Å². The van der Waals surface area contributed by atoms with Crippen LogP contribution < -0.4 is 0 Å². The molecule has 65 heavy (non-hydrogen) atoms. The molecule has 0 atom stereocenters. The molecule has 4 saturated carbocycles. The van der Waals surface area contributed by atoms with E-state index in [2.05, 4.69) is 125 Å². The van der Waals surface area contributed by atoms with Crippen LogP contribution >= 0.6 is 0 Å². The average Bonchev–Trinajstić information content (AvgIpc) is 3.19. The monoisotopic (exact) mass is 1040 g/mol. The van der Waals surface area contributed by atoms with Crippen LogP contribution in [0.5, 0.6) is 0 Å². The maximum Gasteiger partial charge on any atom is 0.112 e. The van der Waals surface area contributed by atoms with Crippen molar-refractivity contribution in [2.75, 3.05) is 0 Å². The van der Waals surface area contributed by atoms with Crippen molar-refractivity contribution in [1.29, 1.82) is 0 Å². The first-order valence-corrected chi connectivity index (χ1v) is 25.2. The largest absolute Gasteiger partial charge is 0.177 e. The predicted molar refractivity (Wildman–Crippen MR) is 287 cm³/mol. The van der Waals surface area contributed by atoms with E-state index in [0.29, 0.717) is 0 Å². The van der Waals surface area contributed by atoms with E-state index in [1.165, 1.54) is 185 Å². The van der Waals surface area contributed by atoms with Crippen LogP contribution in [0.15, 0.2) is 36.4 Å². The summed E-state index contributed by atoms with van der Waals surface area (Å²) in [5.74, 6) is 7.99. The van der Waals surface area contributed by atoms with E-state index in [-0.39, 0.29) is 95.1 Å². The Labute approximate surface area is 459 Å². The fourth-order valence-corrected chi connectivity index (χ4v) is 11.7. The van der Waals surface area contributed by atoms with Crippen LogP contribution in [-0.2, 0) is 84.6 Å². The topological polar surface area (TPSA) is 0 Å². The van der Waals surface area contributed by atoms with Gasteiger partial charge in [0, 0.05) is 65.4 Å². The Bertz CT molecular complexity index is 1600. The molecule has 0 nitrogen and oxygen atoms in total. The zero-order chi connectivity index (χ0) is 42.3. The summed E-state index contributed by atoms with van der Waals surface area (Å²) in [6.45, 7) is 22.6. The van der Waals surface area contributed by atoms with Gasteiger partial charge < -0.3 is 0 Å². The number of hydrogen-bond donors (Lipinski definition) is 0. The molecule has 0 aliphatic heterocycles. The van der Waals surface area contributed by atoms with Crippen LogP contribution in [-0.4, -0.2) is 7.28 Å². The number of benzene rings is 3. The van der Waals surface area contributed by atoms with Crippen LogP contribution in [0.4, 0.5) is 0 Å². The summed E-state index contributed by atoms with van der Waals surface area (Å²) in [7, 11) is 2.49. The van der Waals surface area contributed by atoms with Gasteiger partial charge in [-0.15, -0.1) is 0 Å². The van der Waals surface area contributed by atoms with Gasteiger partial charge in [-0.05, 0) is 148 Å². The molecule has 3 aromatic carbocycles. The Hall–Kier alpha value is -0.0673. The molecule has 0 amide bonds. The second-order valence-corrected chi connectivity index (χ2v) is 21.4. The molecule has 3 aromatic rings. The fraction of sp³-hybridized carbons (Fsp3) is 0.710. The van der Waals surface area contributed by atoms with Gasteiger partial charge in [0.1, 0.15) is 7.28 Å². The van der Waals surface area contributed by atoms with Gasteiger partial charge >= 0.3 is 0 Å². The van der Waals surface area contributed by atoms with Gasteiger partial charge in [0.2, 0.25) is 0 Å². The van der Waals surface area contributed by atoms with Gasteiger partial charge in [0.05, 0.1) is 0 Å². The minimum atomic E-state index is 0. The maximum absolute atomic E-state index is 3.35. The Balaban J connectivity index is 0. The normalized spacial score (nSPS) is 24.6. The third kappa shape index (κ3) is 24.6. The van der Waals surface area contributed by atoms with E-state index in [0.717, 1.165) is 53.7 Å². The fourth-order valence-electron chi connectivity index (χ4n) is 11.7. The Morgan fingerprint density at radius 2 is 0.815 bits per heavy atom.